The van der Waals surface area contributed by atoms with E-state index in [1.165, 1.54) is 54.8 Å². The van der Waals surface area contributed by atoms with Gasteiger partial charge in [0.25, 0.3) is 0 Å². The lowest BCUT2D eigenvalue weighted by molar-refractivity contribution is 0.0247. The van der Waals surface area contributed by atoms with Crippen LogP contribution in [-0.4, -0.2) is 23.0 Å². The van der Waals surface area contributed by atoms with Gasteiger partial charge in [0, 0.05) is 16.8 Å². The second-order valence-electron chi connectivity index (χ2n) is 4.24. The molecule has 78 valence electrons. The van der Waals surface area contributed by atoms with E-state index in [1.807, 2.05) is 0 Å². The third-order valence-corrected chi connectivity index (χ3v) is 3.87. The molecule has 1 aliphatic rings. The fraction of sp³-hybridized carbons (Fsp3) is 1.00. The molecule has 0 aromatic carbocycles. The molecule has 13 heavy (non-hydrogen) atoms. The van der Waals surface area contributed by atoms with Gasteiger partial charge >= 0.3 is 0 Å². The van der Waals surface area contributed by atoms with Gasteiger partial charge in [-0.3, -0.25) is 0 Å². The Labute approximate surface area is 85.7 Å². The lowest BCUT2D eigenvalue weighted by Crippen LogP contribution is -2.21. The Kier molecular flexibility index (Phi) is 5.72. The first-order valence-corrected chi connectivity index (χ1v) is 7.39. The summed E-state index contributed by atoms with van der Waals surface area (Å²) in [4.78, 5) is 0. The summed E-state index contributed by atoms with van der Waals surface area (Å²) in [5.41, 5.74) is 0. The first-order chi connectivity index (χ1) is 6.36. The zero-order valence-electron chi connectivity index (χ0n) is 9.22. The lowest BCUT2D eigenvalue weighted by Gasteiger charge is -2.28. The molecule has 0 aromatic heterocycles. The first kappa shape index (κ1) is 11.3. The SMILES string of the molecule is CCOC1CCC(CCC[SiH3])CC1. The van der Waals surface area contributed by atoms with Crippen molar-refractivity contribution in [1.82, 2.24) is 0 Å². The van der Waals surface area contributed by atoms with Crippen molar-refractivity contribution in [1.29, 1.82) is 0 Å². The molecule has 1 rings (SSSR count). The van der Waals surface area contributed by atoms with E-state index in [2.05, 4.69) is 6.92 Å². The third kappa shape index (κ3) is 4.27. The predicted octanol–water partition coefficient (Wildman–Crippen LogP) is 2.15. The molecule has 2 heteroatoms. The van der Waals surface area contributed by atoms with Crippen molar-refractivity contribution in [2.45, 2.75) is 57.6 Å². The van der Waals surface area contributed by atoms with E-state index in [9.17, 15) is 0 Å². The Bertz CT molecular complexity index is 119. The van der Waals surface area contributed by atoms with Crippen LogP contribution in [0.3, 0.4) is 0 Å². The van der Waals surface area contributed by atoms with Crippen molar-refractivity contribution < 1.29 is 4.74 Å². The van der Waals surface area contributed by atoms with Crippen LogP contribution in [-0.2, 0) is 4.74 Å². The maximum Gasteiger partial charge on any atom is 0.0575 e. The van der Waals surface area contributed by atoms with E-state index in [-0.39, 0.29) is 0 Å². The Morgan fingerprint density at radius 2 is 1.92 bits per heavy atom. The Morgan fingerprint density at radius 3 is 2.46 bits per heavy atom. The zero-order valence-corrected chi connectivity index (χ0v) is 11.2. The van der Waals surface area contributed by atoms with Crippen molar-refractivity contribution in [2.75, 3.05) is 6.61 Å². The molecule has 1 aliphatic carbocycles. The number of hydrogen-bond donors (Lipinski definition) is 0. The van der Waals surface area contributed by atoms with Crippen molar-refractivity contribution >= 4 is 10.2 Å². The second kappa shape index (κ2) is 6.60. The quantitative estimate of drug-likeness (QED) is 0.618. The summed E-state index contributed by atoms with van der Waals surface area (Å²) in [5.74, 6) is 1.03. The van der Waals surface area contributed by atoms with Gasteiger partial charge in [-0.2, -0.15) is 0 Å². The molecule has 0 aromatic rings. The van der Waals surface area contributed by atoms with E-state index < -0.39 is 0 Å². The fourth-order valence-electron chi connectivity index (χ4n) is 2.32. The van der Waals surface area contributed by atoms with Crippen LogP contribution >= 0.6 is 0 Å². The Hall–Kier alpha value is 0.177. The monoisotopic (exact) mass is 200 g/mol. The van der Waals surface area contributed by atoms with Gasteiger partial charge in [0.2, 0.25) is 0 Å². The summed E-state index contributed by atoms with van der Waals surface area (Å²) in [6.45, 7) is 3.00. The highest BCUT2D eigenvalue weighted by Gasteiger charge is 2.20. The highest BCUT2D eigenvalue weighted by Crippen LogP contribution is 2.29. The highest BCUT2D eigenvalue weighted by atomic mass is 28.1. The van der Waals surface area contributed by atoms with Crippen LogP contribution in [0.25, 0.3) is 0 Å². The van der Waals surface area contributed by atoms with Gasteiger partial charge in [-0.1, -0.05) is 18.9 Å². The molecule has 0 radical (unpaired) electrons. The van der Waals surface area contributed by atoms with Crippen LogP contribution in [0.1, 0.15) is 45.4 Å². The first-order valence-electron chi connectivity index (χ1n) is 5.98. The van der Waals surface area contributed by atoms with Crippen LogP contribution in [0.4, 0.5) is 0 Å². The van der Waals surface area contributed by atoms with Gasteiger partial charge in [0.1, 0.15) is 0 Å². The van der Waals surface area contributed by atoms with Gasteiger partial charge in [-0.25, -0.2) is 0 Å². The van der Waals surface area contributed by atoms with E-state index in [0.29, 0.717) is 6.10 Å². The number of hydrogen-bond acceptors (Lipinski definition) is 1. The van der Waals surface area contributed by atoms with Crippen LogP contribution in [0.5, 0.6) is 0 Å². The standard InChI is InChI=1S/C11H24OSi/c1-2-12-11-7-5-10(6-8-11)4-3-9-13/h10-11H,2-9H2,1,13H3. The minimum absolute atomic E-state index is 0.595. The van der Waals surface area contributed by atoms with Gasteiger partial charge in [-0.15, -0.1) is 0 Å². The average molecular weight is 200 g/mol. The minimum atomic E-state index is 0.595. The molecule has 0 N–H and O–H groups in total. The van der Waals surface area contributed by atoms with E-state index in [0.717, 1.165) is 12.5 Å². The molecule has 1 nitrogen and oxygen atoms in total. The molecular weight excluding hydrogens is 176 g/mol. The summed E-state index contributed by atoms with van der Waals surface area (Å²) in [6.07, 6.45) is 9.05. The Morgan fingerprint density at radius 1 is 1.23 bits per heavy atom. The molecule has 0 saturated heterocycles. The fourth-order valence-corrected chi connectivity index (χ4v) is 2.72. The summed E-state index contributed by atoms with van der Waals surface area (Å²) in [5, 5.41) is 0. The summed E-state index contributed by atoms with van der Waals surface area (Å²) in [6, 6.07) is 1.49. The molecule has 1 fully saturated rings. The normalized spacial score (nSPS) is 29.3. The van der Waals surface area contributed by atoms with E-state index in [4.69, 9.17) is 4.74 Å². The topological polar surface area (TPSA) is 9.23 Å². The van der Waals surface area contributed by atoms with Gasteiger partial charge < -0.3 is 4.74 Å². The largest absolute Gasteiger partial charge is 0.379 e. The third-order valence-electron chi connectivity index (χ3n) is 3.16. The maximum absolute atomic E-state index is 5.64. The lowest BCUT2D eigenvalue weighted by atomic mass is 9.85. The Balaban J connectivity index is 2.08. The minimum Gasteiger partial charge on any atom is -0.379 e. The number of rotatable bonds is 5. The molecule has 0 amide bonds. The molecule has 0 bridgehead atoms. The van der Waals surface area contributed by atoms with Crippen LogP contribution < -0.4 is 0 Å². The molecular formula is C11H24OSi. The summed E-state index contributed by atoms with van der Waals surface area (Å²) >= 11 is 0. The maximum atomic E-state index is 5.64. The predicted molar refractivity (Wildman–Crippen MR) is 61.4 cm³/mol. The molecule has 1 saturated carbocycles. The average Bonchev–Trinajstić information content (AvgIpc) is 2.17. The number of ether oxygens (including phenoxy) is 1. The molecule has 0 spiro atoms. The van der Waals surface area contributed by atoms with Gasteiger partial charge in [0.05, 0.1) is 6.10 Å². The molecule has 0 heterocycles. The highest BCUT2D eigenvalue weighted by molar-refractivity contribution is 6.08. The van der Waals surface area contributed by atoms with Gasteiger partial charge in [0.15, 0.2) is 0 Å². The van der Waals surface area contributed by atoms with E-state index in [1.54, 1.807) is 0 Å². The van der Waals surface area contributed by atoms with E-state index >= 15 is 0 Å². The van der Waals surface area contributed by atoms with Crippen LogP contribution in [0.15, 0.2) is 0 Å². The zero-order chi connectivity index (χ0) is 9.52. The smallest absolute Gasteiger partial charge is 0.0575 e. The summed E-state index contributed by atoms with van der Waals surface area (Å²) < 4.78 is 5.64. The van der Waals surface area contributed by atoms with Crippen LogP contribution in [0, 0.1) is 5.92 Å². The summed E-state index contributed by atoms with van der Waals surface area (Å²) in [7, 11) is 1.39. The van der Waals surface area contributed by atoms with Crippen molar-refractivity contribution in [2.24, 2.45) is 5.92 Å². The molecule has 0 aliphatic heterocycles. The molecule has 0 unspecified atom stereocenters. The van der Waals surface area contributed by atoms with Gasteiger partial charge in [-0.05, 0) is 38.5 Å². The second-order valence-corrected chi connectivity index (χ2v) is 5.24. The van der Waals surface area contributed by atoms with Crippen molar-refractivity contribution in [3.63, 3.8) is 0 Å². The van der Waals surface area contributed by atoms with Crippen molar-refractivity contribution in [3.05, 3.63) is 0 Å². The van der Waals surface area contributed by atoms with Crippen molar-refractivity contribution in [3.8, 4) is 0 Å². The molecule has 0 atom stereocenters. The van der Waals surface area contributed by atoms with Crippen LogP contribution in [0.2, 0.25) is 6.04 Å².